The third-order valence-corrected chi connectivity index (χ3v) is 4.43. The summed E-state index contributed by atoms with van der Waals surface area (Å²) >= 11 is 6.14. The fourth-order valence-electron chi connectivity index (χ4n) is 3.03. The lowest BCUT2D eigenvalue weighted by atomic mass is 10.1. The van der Waals surface area contributed by atoms with Crippen LogP contribution in [0.4, 0.5) is 10.5 Å². The molecule has 0 radical (unpaired) electrons. The number of hydrogen-bond donors (Lipinski definition) is 2. The van der Waals surface area contributed by atoms with Gasteiger partial charge in [-0.15, -0.1) is 0 Å². The minimum absolute atomic E-state index is 0.130. The molecular weight excluding hydrogens is 324 g/mol. The van der Waals surface area contributed by atoms with Crippen molar-refractivity contribution >= 4 is 23.3 Å². The van der Waals surface area contributed by atoms with Gasteiger partial charge in [-0.05, 0) is 55.8 Å². The molecule has 1 aliphatic rings. The summed E-state index contributed by atoms with van der Waals surface area (Å²) in [6, 6.07) is 11.4. The molecule has 0 aliphatic carbocycles. The molecule has 126 valence electrons. The molecule has 2 aromatic rings. The van der Waals surface area contributed by atoms with Gasteiger partial charge in [0.15, 0.2) is 0 Å². The van der Waals surface area contributed by atoms with E-state index in [9.17, 15) is 4.79 Å². The van der Waals surface area contributed by atoms with Crippen LogP contribution in [0.3, 0.4) is 0 Å². The number of urea groups is 1. The van der Waals surface area contributed by atoms with Gasteiger partial charge in [-0.1, -0.05) is 23.7 Å². The van der Waals surface area contributed by atoms with E-state index in [2.05, 4.69) is 26.6 Å². The molecule has 1 aliphatic heterocycles. The third kappa shape index (κ3) is 4.46. The highest BCUT2D eigenvalue weighted by molar-refractivity contribution is 6.30. The Balaban J connectivity index is 1.64. The average molecular weight is 345 g/mol. The highest BCUT2D eigenvalue weighted by atomic mass is 35.5. The van der Waals surface area contributed by atoms with Gasteiger partial charge in [-0.3, -0.25) is 9.88 Å². The number of hydrogen-bond acceptors (Lipinski definition) is 3. The van der Waals surface area contributed by atoms with E-state index >= 15 is 0 Å². The monoisotopic (exact) mass is 344 g/mol. The lowest BCUT2D eigenvalue weighted by Crippen LogP contribution is -2.38. The van der Waals surface area contributed by atoms with E-state index in [0.717, 1.165) is 23.7 Å². The first kappa shape index (κ1) is 16.7. The standard InChI is InChI=1S/C18H21ClN4O/c19-15-6-3-5-14(11-15)17(23-9-1-2-10-23)13-21-18(24)22-16-7-4-8-20-12-16/h3-8,11-12,17H,1-2,9-10,13H2,(H2,21,22,24). The summed E-state index contributed by atoms with van der Waals surface area (Å²) in [5.41, 5.74) is 1.81. The Morgan fingerprint density at radius 2 is 2.08 bits per heavy atom. The molecule has 1 aromatic carbocycles. The van der Waals surface area contributed by atoms with Gasteiger partial charge in [-0.2, -0.15) is 0 Å². The van der Waals surface area contributed by atoms with Crippen LogP contribution in [0.15, 0.2) is 48.8 Å². The number of amides is 2. The van der Waals surface area contributed by atoms with Crippen LogP contribution in [0.1, 0.15) is 24.4 Å². The maximum absolute atomic E-state index is 12.1. The van der Waals surface area contributed by atoms with Crippen molar-refractivity contribution in [1.82, 2.24) is 15.2 Å². The van der Waals surface area contributed by atoms with E-state index in [0.29, 0.717) is 12.2 Å². The van der Waals surface area contributed by atoms with Gasteiger partial charge < -0.3 is 10.6 Å². The predicted octanol–water partition coefficient (Wildman–Crippen LogP) is 3.69. The lowest BCUT2D eigenvalue weighted by molar-refractivity contribution is 0.227. The summed E-state index contributed by atoms with van der Waals surface area (Å²) in [7, 11) is 0. The Kier molecular flexibility index (Phi) is 5.67. The van der Waals surface area contributed by atoms with E-state index in [1.54, 1.807) is 18.5 Å². The molecule has 5 nitrogen and oxygen atoms in total. The number of carbonyl (C=O) groups is 1. The van der Waals surface area contributed by atoms with Gasteiger partial charge in [-0.25, -0.2) is 4.79 Å². The molecule has 3 rings (SSSR count). The Labute approximate surface area is 147 Å². The van der Waals surface area contributed by atoms with E-state index in [1.165, 1.54) is 12.8 Å². The molecule has 2 N–H and O–H groups in total. The molecule has 1 fully saturated rings. The Morgan fingerprint density at radius 1 is 1.25 bits per heavy atom. The maximum atomic E-state index is 12.1. The number of nitrogens with one attached hydrogen (secondary N) is 2. The quantitative estimate of drug-likeness (QED) is 0.869. The predicted molar refractivity (Wildman–Crippen MR) is 96.3 cm³/mol. The second kappa shape index (κ2) is 8.13. The van der Waals surface area contributed by atoms with Crippen molar-refractivity contribution in [2.75, 3.05) is 25.0 Å². The van der Waals surface area contributed by atoms with E-state index in [-0.39, 0.29) is 12.1 Å². The van der Waals surface area contributed by atoms with E-state index in [1.807, 2.05) is 24.3 Å². The Bertz CT molecular complexity index is 674. The van der Waals surface area contributed by atoms with Crippen LogP contribution in [0, 0.1) is 0 Å². The molecule has 1 atom stereocenters. The van der Waals surface area contributed by atoms with Gasteiger partial charge in [0.2, 0.25) is 0 Å². The first-order valence-corrected chi connectivity index (χ1v) is 8.54. The van der Waals surface area contributed by atoms with Crippen LogP contribution in [0.5, 0.6) is 0 Å². The average Bonchev–Trinajstić information content (AvgIpc) is 3.10. The highest BCUT2D eigenvalue weighted by Crippen LogP contribution is 2.26. The second-order valence-corrected chi connectivity index (χ2v) is 6.33. The van der Waals surface area contributed by atoms with Crippen LogP contribution < -0.4 is 10.6 Å². The first-order valence-electron chi connectivity index (χ1n) is 8.17. The number of likely N-dealkylation sites (tertiary alicyclic amines) is 1. The summed E-state index contributed by atoms with van der Waals surface area (Å²) in [5, 5.41) is 6.48. The fourth-order valence-corrected chi connectivity index (χ4v) is 3.22. The van der Waals surface area contributed by atoms with E-state index < -0.39 is 0 Å². The van der Waals surface area contributed by atoms with Crippen LogP contribution >= 0.6 is 11.6 Å². The van der Waals surface area contributed by atoms with Gasteiger partial charge >= 0.3 is 6.03 Å². The maximum Gasteiger partial charge on any atom is 0.319 e. The van der Waals surface area contributed by atoms with Crippen molar-refractivity contribution in [2.24, 2.45) is 0 Å². The zero-order chi connectivity index (χ0) is 16.8. The molecule has 24 heavy (non-hydrogen) atoms. The second-order valence-electron chi connectivity index (χ2n) is 5.89. The number of benzene rings is 1. The highest BCUT2D eigenvalue weighted by Gasteiger charge is 2.24. The zero-order valence-electron chi connectivity index (χ0n) is 13.4. The normalized spacial score (nSPS) is 15.9. The minimum atomic E-state index is -0.228. The Hall–Kier alpha value is -2.11. The summed E-state index contributed by atoms with van der Waals surface area (Å²) < 4.78 is 0. The number of halogens is 1. The molecule has 2 heterocycles. The largest absolute Gasteiger partial charge is 0.336 e. The molecule has 1 unspecified atom stereocenters. The van der Waals surface area contributed by atoms with Crippen molar-refractivity contribution in [3.8, 4) is 0 Å². The fraction of sp³-hybridized carbons (Fsp3) is 0.333. The van der Waals surface area contributed by atoms with Gasteiger partial charge in [0, 0.05) is 17.8 Å². The van der Waals surface area contributed by atoms with Crippen molar-refractivity contribution < 1.29 is 4.79 Å². The molecular formula is C18H21ClN4O. The Morgan fingerprint density at radius 3 is 2.79 bits per heavy atom. The van der Waals surface area contributed by atoms with Crippen molar-refractivity contribution in [2.45, 2.75) is 18.9 Å². The number of pyridine rings is 1. The summed E-state index contributed by atoms with van der Waals surface area (Å²) in [5.74, 6) is 0. The first-order chi connectivity index (χ1) is 11.7. The van der Waals surface area contributed by atoms with Crippen LogP contribution in [-0.4, -0.2) is 35.5 Å². The van der Waals surface area contributed by atoms with Crippen molar-refractivity contribution in [1.29, 1.82) is 0 Å². The lowest BCUT2D eigenvalue weighted by Gasteiger charge is -2.28. The molecule has 0 bridgehead atoms. The number of carbonyl (C=O) groups excluding carboxylic acids is 1. The van der Waals surface area contributed by atoms with Crippen LogP contribution in [-0.2, 0) is 0 Å². The number of nitrogens with zero attached hydrogens (tertiary/aromatic N) is 2. The summed E-state index contributed by atoms with van der Waals surface area (Å²) in [6.45, 7) is 2.62. The van der Waals surface area contributed by atoms with Gasteiger partial charge in [0.05, 0.1) is 17.9 Å². The van der Waals surface area contributed by atoms with E-state index in [4.69, 9.17) is 11.6 Å². The number of rotatable bonds is 5. The number of anilines is 1. The number of aromatic nitrogens is 1. The molecule has 0 saturated carbocycles. The summed E-state index contributed by atoms with van der Waals surface area (Å²) in [6.07, 6.45) is 5.68. The molecule has 6 heteroatoms. The molecule has 2 amide bonds. The molecule has 1 saturated heterocycles. The van der Waals surface area contributed by atoms with Gasteiger partial charge in [0.1, 0.15) is 0 Å². The molecule has 0 spiro atoms. The topological polar surface area (TPSA) is 57.3 Å². The zero-order valence-corrected chi connectivity index (χ0v) is 14.2. The smallest absolute Gasteiger partial charge is 0.319 e. The SMILES string of the molecule is O=C(NCC(c1cccc(Cl)c1)N1CCCC1)Nc1cccnc1. The molecule has 1 aromatic heterocycles. The van der Waals surface area contributed by atoms with Gasteiger partial charge in [0.25, 0.3) is 0 Å². The van der Waals surface area contributed by atoms with Crippen LogP contribution in [0.2, 0.25) is 5.02 Å². The van der Waals surface area contributed by atoms with Crippen LogP contribution in [0.25, 0.3) is 0 Å². The minimum Gasteiger partial charge on any atom is -0.336 e. The summed E-state index contributed by atoms with van der Waals surface area (Å²) in [4.78, 5) is 18.5. The third-order valence-electron chi connectivity index (χ3n) is 4.19. The van der Waals surface area contributed by atoms with Crippen molar-refractivity contribution in [3.63, 3.8) is 0 Å². The van der Waals surface area contributed by atoms with Crippen molar-refractivity contribution in [3.05, 3.63) is 59.4 Å².